The Labute approximate surface area is 81.9 Å². The number of nitrogens with zero attached hydrogens (tertiary/aromatic N) is 2. The van der Waals surface area contributed by atoms with Crippen LogP contribution in [0.4, 0.5) is 6.01 Å². The van der Waals surface area contributed by atoms with Crippen LogP contribution in [0.5, 0.6) is 0 Å². The minimum Gasteiger partial charge on any atom is -0.408 e. The van der Waals surface area contributed by atoms with E-state index in [9.17, 15) is 4.79 Å². The van der Waals surface area contributed by atoms with E-state index in [1.165, 1.54) is 0 Å². The summed E-state index contributed by atoms with van der Waals surface area (Å²) in [6.45, 7) is 3.61. The topological polar surface area (TPSA) is 94.0 Å². The summed E-state index contributed by atoms with van der Waals surface area (Å²) in [6, 6.07) is -0.425. The van der Waals surface area contributed by atoms with Crippen molar-refractivity contribution in [2.45, 2.75) is 32.7 Å². The summed E-state index contributed by atoms with van der Waals surface area (Å²) >= 11 is 0. The van der Waals surface area contributed by atoms with Gasteiger partial charge in [-0.25, -0.2) is 0 Å². The van der Waals surface area contributed by atoms with E-state index in [4.69, 9.17) is 10.2 Å². The van der Waals surface area contributed by atoms with Gasteiger partial charge in [-0.2, -0.15) is 0 Å². The highest BCUT2D eigenvalue weighted by Crippen LogP contribution is 2.04. The van der Waals surface area contributed by atoms with E-state index in [0.29, 0.717) is 12.3 Å². The molecule has 1 heterocycles. The largest absolute Gasteiger partial charge is 0.408 e. The van der Waals surface area contributed by atoms with Crippen LogP contribution in [0.25, 0.3) is 0 Å². The average Bonchev–Trinajstić information content (AvgIpc) is 2.51. The number of amides is 1. The zero-order valence-electron chi connectivity index (χ0n) is 8.28. The minimum atomic E-state index is -0.521. The zero-order chi connectivity index (χ0) is 10.6. The van der Waals surface area contributed by atoms with Crippen molar-refractivity contribution >= 4 is 11.9 Å². The van der Waals surface area contributed by atoms with Crippen LogP contribution in [-0.2, 0) is 4.79 Å². The SMILES string of the molecule is CCC[C@H](N)C(=O)Nc1nnc(C)o1. The molecule has 1 aromatic rings. The Balaban J connectivity index is 2.48. The van der Waals surface area contributed by atoms with Gasteiger partial charge in [-0.1, -0.05) is 18.4 Å². The van der Waals surface area contributed by atoms with Gasteiger partial charge in [-0.05, 0) is 6.42 Å². The van der Waals surface area contributed by atoms with Crippen molar-refractivity contribution in [1.29, 1.82) is 0 Å². The predicted molar refractivity (Wildman–Crippen MR) is 50.5 cm³/mol. The van der Waals surface area contributed by atoms with E-state index in [0.717, 1.165) is 6.42 Å². The van der Waals surface area contributed by atoms with E-state index in [2.05, 4.69) is 15.5 Å². The van der Waals surface area contributed by atoms with Crippen molar-refractivity contribution in [3.8, 4) is 0 Å². The predicted octanol–water partition coefficient (Wildman–Crippen LogP) is 0.444. The molecule has 6 nitrogen and oxygen atoms in total. The molecule has 1 amide bonds. The van der Waals surface area contributed by atoms with Crippen LogP contribution in [-0.4, -0.2) is 22.1 Å². The van der Waals surface area contributed by atoms with E-state index in [1.807, 2.05) is 6.92 Å². The molecule has 6 heteroatoms. The zero-order valence-corrected chi connectivity index (χ0v) is 8.28. The highest BCUT2D eigenvalue weighted by molar-refractivity contribution is 5.92. The van der Waals surface area contributed by atoms with Crippen molar-refractivity contribution in [2.75, 3.05) is 5.32 Å². The molecule has 1 atom stereocenters. The van der Waals surface area contributed by atoms with Gasteiger partial charge in [0.25, 0.3) is 0 Å². The standard InChI is InChI=1S/C8H14N4O2/c1-3-4-6(9)7(13)10-8-12-11-5(2)14-8/h6H,3-4,9H2,1-2H3,(H,10,12,13)/t6-/m0/s1. The third kappa shape index (κ3) is 2.81. The van der Waals surface area contributed by atoms with Gasteiger partial charge in [0.05, 0.1) is 6.04 Å². The molecule has 0 saturated carbocycles. The van der Waals surface area contributed by atoms with Crippen LogP contribution >= 0.6 is 0 Å². The van der Waals surface area contributed by atoms with Gasteiger partial charge in [0.2, 0.25) is 11.8 Å². The Morgan fingerprint density at radius 3 is 2.86 bits per heavy atom. The molecule has 1 aromatic heterocycles. The number of rotatable bonds is 4. The molecule has 0 aliphatic heterocycles. The Morgan fingerprint density at radius 1 is 1.64 bits per heavy atom. The second kappa shape index (κ2) is 4.71. The van der Waals surface area contributed by atoms with E-state index in [1.54, 1.807) is 6.92 Å². The van der Waals surface area contributed by atoms with E-state index in [-0.39, 0.29) is 11.9 Å². The number of nitrogens with two attached hydrogens (primary N) is 1. The van der Waals surface area contributed by atoms with Crippen molar-refractivity contribution in [3.63, 3.8) is 0 Å². The average molecular weight is 198 g/mol. The maximum absolute atomic E-state index is 11.3. The number of carbonyl (C=O) groups excluding carboxylic acids is 1. The summed E-state index contributed by atoms with van der Waals surface area (Å²) in [5.41, 5.74) is 5.58. The summed E-state index contributed by atoms with van der Waals surface area (Å²) in [5.74, 6) is 0.111. The van der Waals surface area contributed by atoms with Crippen molar-refractivity contribution in [1.82, 2.24) is 10.2 Å². The van der Waals surface area contributed by atoms with Gasteiger partial charge in [0, 0.05) is 6.92 Å². The lowest BCUT2D eigenvalue weighted by Crippen LogP contribution is -2.35. The summed E-state index contributed by atoms with van der Waals surface area (Å²) in [7, 11) is 0. The number of nitrogens with one attached hydrogen (secondary N) is 1. The Bertz CT molecular complexity index is 310. The van der Waals surface area contributed by atoms with Crippen LogP contribution < -0.4 is 11.1 Å². The van der Waals surface area contributed by atoms with Gasteiger partial charge in [-0.15, -0.1) is 5.10 Å². The molecule has 0 bridgehead atoms. The molecule has 0 aromatic carbocycles. The highest BCUT2D eigenvalue weighted by atomic mass is 16.4. The number of aromatic nitrogens is 2. The lowest BCUT2D eigenvalue weighted by atomic mass is 10.2. The quantitative estimate of drug-likeness (QED) is 0.732. The normalized spacial score (nSPS) is 12.5. The van der Waals surface area contributed by atoms with Crippen molar-refractivity contribution in [2.24, 2.45) is 5.73 Å². The molecular formula is C8H14N4O2. The van der Waals surface area contributed by atoms with Gasteiger partial charge in [0.15, 0.2) is 0 Å². The number of hydrogen-bond donors (Lipinski definition) is 2. The van der Waals surface area contributed by atoms with Crippen LogP contribution in [0, 0.1) is 6.92 Å². The van der Waals surface area contributed by atoms with Gasteiger partial charge in [0.1, 0.15) is 0 Å². The first-order valence-corrected chi connectivity index (χ1v) is 4.50. The summed E-state index contributed by atoms with van der Waals surface area (Å²) in [5, 5.41) is 9.64. The van der Waals surface area contributed by atoms with Crippen molar-refractivity contribution in [3.05, 3.63) is 5.89 Å². The number of anilines is 1. The second-order valence-corrected chi connectivity index (χ2v) is 3.01. The van der Waals surface area contributed by atoms with Crippen LogP contribution in [0.15, 0.2) is 4.42 Å². The third-order valence-electron chi connectivity index (χ3n) is 1.69. The highest BCUT2D eigenvalue weighted by Gasteiger charge is 2.14. The monoisotopic (exact) mass is 198 g/mol. The van der Waals surface area contributed by atoms with Gasteiger partial charge < -0.3 is 10.2 Å². The molecule has 0 unspecified atom stereocenters. The fourth-order valence-electron chi connectivity index (χ4n) is 0.987. The maximum atomic E-state index is 11.3. The molecule has 0 spiro atoms. The summed E-state index contributed by atoms with van der Waals surface area (Å²) in [6.07, 6.45) is 1.50. The molecular weight excluding hydrogens is 184 g/mol. The smallest absolute Gasteiger partial charge is 0.322 e. The van der Waals surface area contributed by atoms with E-state index >= 15 is 0 Å². The number of hydrogen-bond acceptors (Lipinski definition) is 5. The molecule has 14 heavy (non-hydrogen) atoms. The van der Waals surface area contributed by atoms with E-state index < -0.39 is 6.04 Å². The fourth-order valence-corrected chi connectivity index (χ4v) is 0.987. The first-order valence-electron chi connectivity index (χ1n) is 4.50. The number of carbonyl (C=O) groups is 1. The van der Waals surface area contributed by atoms with Crippen LogP contribution in [0.1, 0.15) is 25.7 Å². The van der Waals surface area contributed by atoms with Gasteiger partial charge in [-0.3, -0.25) is 10.1 Å². The molecule has 0 aliphatic rings. The molecule has 78 valence electrons. The lowest BCUT2D eigenvalue weighted by Gasteiger charge is -2.07. The van der Waals surface area contributed by atoms with Gasteiger partial charge >= 0.3 is 6.01 Å². The van der Waals surface area contributed by atoms with Crippen LogP contribution in [0.2, 0.25) is 0 Å². The summed E-state index contributed by atoms with van der Waals surface area (Å²) in [4.78, 5) is 11.3. The Hall–Kier alpha value is -1.43. The molecule has 0 radical (unpaired) electrons. The van der Waals surface area contributed by atoms with Crippen molar-refractivity contribution < 1.29 is 9.21 Å². The lowest BCUT2D eigenvalue weighted by molar-refractivity contribution is -0.117. The molecule has 1 rings (SSSR count). The second-order valence-electron chi connectivity index (χ2n) is 3.01. The van der Waals surface area contributed by atoms with Crippen LogP contribution in [0.3, 0.4) is 0 Å². The number of aryl methyl sites for hydroxylation is 1. The molecule has 0 saturated heterocycles. The molecule has 3 N–H and O–H groups in total. The first kappa shape index (κ1) is 10.6. The third-order valence-corrected chi connectivity index (χ3v) is 1.69. The Kier molecular flexibility index (Phi) is 3.58. The molecule has 0 fully saturated rings. The summed E-state index contributed by atoms with van der Waals surface area (Å²) < 4.78 is 4.97. The first-order chi connectivity index (χ1) is 6.63. The Morgan fingerprint density at radius 2 is 2.36 bits per heavy atom. The fraction of sp³-hybridized carbons (Fsp3) is 0.625. The maximum Gasteiger partial charge on any atom is 0.322 e. The minimum absolute atomic E-state index is 0.0963. The molecule has 0 aliphatic carbocycles.